The average Bonchev–Trinajstić information content (AvgIpc) is 2.88. The van der Waals surface area contributed by atoms with E-state index in [1.54, 1.807) is 6.07 Å². The van der Waals surface area contributed by atoms with E-state index in [1.807, 2.05) is 4.90 Å². The number of hydrogen-bond acceptors (Lipinski definition) is 4. The Labute approximate surface area is 137 Å². The van der Waals surface area contributed by atoms with Gasteiger partial charge in [0.05, 0.1) is 12.1 Å². The van der Waals surface area contributed by atoms with Crippen molar-refractivity contribution in [3.8, 4) is 5.75 Å². The highest BCUT2D eigenvalue weighted by Crippen LogP contribution is 2.30. The van der Waals surface area contributed by atoms with Crippen molar-refractivity contribution in [3.63, 3.8) is 0 Å². The lowest BCUT2D eigenvalue weighted by Crippen LogP contribution is -2.46. The van der Waals surface area contributed by atoms with Gasteiger partial charge in [0.25, 0.3) is 0 Å². The number of ether oxygens (including phenoxy) is 1. The second kappa shape index (κ2) is 6.60. The van der Waals surface area contributed by atoms with E-state index in [-0.39, 0.29) is 23.8 Å². The van der Waals surface area contributed by atoms with E-state index in [1.165, 1.54) is 23.1 Å². The standard InChI is InChI=1S/C16H19F3N2O3/c17-16(18,19)24-13-3-1-2-11(10-13)21-9-6-14(15(21)23)20-7-4-12(22)5-8-20/h1-3,10,12,14,22H,4-9H2. The van der Waals surface area contributed by atoms with Crippen LogP contribution < -0.4 is 9.64 Å². The lowest BCUT2D eigenvalue weighted by atomic mass is 10.1. The molecule has 3 rings (SSSR count). The third-order valence-corrected chi connectivity index (χ3v) is 4.48. The van der Waals surface area contributed by atoms with Crippen molar-refractivity contribution >= 4 is 11.6 Å². The monoisotopic (exact) mass is 344 g/mol. The number of halogens is 3. The molecule has 0 spiro atoms. The molecule has 24 heavy (non-hydrogen) atoms. The first kappa shape index (κ1) is 17.0. The molecule has 0 aliphatic carbocycles. The van der Waals surface area contributed by atoms with Gasteiger partial charge in [-0.25, -0.2) is 0 Å². The summed E-state index contributed by atoms with van der Waals surface area (Å²) >= 11 is 0. The summed E-state index contributed by atoms with van der Waals surface area (Å²) in [6, 6.07) is 5.21. The van der Waals surface area contributed by atoms with Crippen molar-refractivity contribution in [2.75, 3.05) is 24.5 Å². The molecule has 2 saturated heterocycles. The van der Waals surface area contributed by atoms with Crippen LogP contribution in [0.5, 0.6) is 5.75 Å². The first-order valence-corrected chi connectivity index (χ1v) is 7.93. The fraction of sp³-hybridized carbons (Fsp3) is 0.562. The minimum Gasteiger partial charge on any atom is -0.406 e. The molecule has 1 aromatic carbocycles. The maximum Gasteiger partial charge on any atom is 0.573 e. The second-order valence-corrected chi connectivity index (χ2v) is 6.11. The number of hydrogen-bond donors (Lipinski definition) is 1. The Morgan fingerprint density at radius 1 is 1.12 bits per heavy atom. The normalized spacial score (nSPS) is 23.8. The van der Waals surface area contributed by atoms with Crippen molar-refractivity contribution in [1.29, 1.82) is 0 Å². The number of carbonyl (C=O) groups is 1. The summed E-state index contributed by atoms with van der Waals surface area (Å²) in [6.45, 7) is 1.77. The summed E-state index contributed by atoms with van der Waals surface area (Å²) < 4.78 is 40.9. The number of piperidine rings is 1. The molecule has 0 bridgehead atoms. The fourth-order valence-corrected chi connectivity index (χ4v) is 3.31. The maximum atomic E-state index is 12.6. The predicted molar refractivity (Wildman–Crippen MR) is 80.7 cm³/mol. The predicted octanol–water partition coefficient (Wildman–Crippen LogP) is 2.15. The highest BCUT2D eigenvalue weighted by Gasteiger charge is 2.38. The van der Waals surface area contributed by atoms with E-state index >= 15 is 0 Å². The van der Waals surface area contributed by atoms with Crippen LogP contribution in [0, 0.1) is 0 Å². The summed E-state index contributed by atoms with van der Waals surface area (Å²) in [4.78, 5) is 16.2. The second-order valence-electron chi connectivity index (χ2n) is 6.11. The number of benzene rings is 1. The Bertz CT molecular complexity index is 600. The molecular weight excluding hydrogens is 325 g/mol. The molecule has 2 aliphatic rings. The Morgan fingerprint density at radius 3 is 2.50 bits per heavy atom. The number of aliphatic hydroxyl groups excluding tert-OH is 1. The minimum atomic E-state index is -4.76. The molecular formula is C16H19F3N2O3. The van der Waals surface area contributed by atoms with Gasteiger partial charge in [0.2, 0.25) is 5.91 Å². The molecule has 0 saturated carbocycles. The Balaban J connectivity index is 1.70. The van der Waals surface area contributed by atoms with E-state index in [0.717, 1.165) is 0 Å². The zero-order valence-electron chi connectivity index (χ0n) is 13.0. The fourth-order valence-electron chi connectivity index (χ4n) is 3.31. The molecule has 0 aromatic heterocycles. The summed E-state index contributed by atoms with van der Waals surface area (Å²) in [5, 5.41) is 9.56. The average molecular weight is 344 g/mol. The lowest BCUT2D eigenvalue weighted by molar-refractivity contribution is -0.274. The topological polar surface area (TPSA) is 53.0 Å². The van der Waals surface area contributed by atoms with Gasteiger partial charge in [0.15, 0.2) is 0 Å². The molecule has 132 valence electrons. The number of aliphatic hydroxyl groups is 1. The van der Waals surface area contributed by atoms with Crippen molar-refractivity contribution < 1.29 is 27.8 Å². The molecule has 2 aliphatic heterocycles. The van der Waals surface area contributed by atoms with Gasteiger partial charge in [0.1, 0.15) is 5.75 Å². The highest BCUT2D eigenvalue weighted by molar-refractivity contribution is 5.99. The van der Waals surface area contributed by atoms with Crippen LogP contribution in [0.2, 0.25) is 0 Å². The Kier molecular flexibility index (Phi) is 4.69. The molecule has 2 fully saturated rings. The molecule has 2 heterocycles. The van der Waals surface area contributed by atoms with Gasteiger partial charge in [-0.3, -0.25) is 9.69 Å². The summed E-state index contributed by atoms with van der Waals surface area (Å²) in [6.07, 6.45) is -3.17. The number of nitrogens with zero attached hydrogens (tertiary/aromatic N) is 2. The number of rotatable bonds is 3. The van der Waals surface area contributed by atoms with Crippen molar-refractivity contribution in [1.82, 2.24) is 4.90 Å². The molecule has 5 nitrogen and oxygen atoms in total. The number of anilines is 1. The van der Waals surface area contributed by atoms with Crippen LogP contribution in [-0.4, -0.2) is 54.1 Å². The van der Waals surface area contributed by atoms with E-state index in [4.69, 9.17) is 0 Å². The smallest absolute Gasteiger partial charge is 0.406 e. The number of carbonyl (C=O) groups excluding carboxylic acids is 1. The number of amides is 1. The van der Waals surface area contributed by atoms with Crippen LogP contribution in [0.3, 0.4) is 0 Å². The van der Waals surface area contributed by atoms with Crippen molar-refractivity contribution in [3.05, 3.63) is 24.3 Å². The van der Waals surface area contributed by atoms with E-state index in [0.29, 0.717) is 44.6 Å². The van der Waals surface area contributed by atoms with Crippen LogP contribution >= 0.6 is 0 Å². The van der Waals surface area contributed by atoms with Gasteiger partial charge < -0.3 is 14.7 Å². The third kappa shape index (κ3) is 3.81. The third-order valence-electron chi connectivity index (χ3n) is 4.48. The quantitative estimate of drug-likeness (QED) is 0.913. The van der Waals surface area contributed by atoms with Crippen molar-refractivity contribution in [2.45, 2.75) is 37.8 Å². The Morgan fingerprint density at radius 2 is 1.83 bits per heavy atom. The van der Waals surface area contributed by atoms with Gasteiger partial charge >= 0.3 is 6.36 Å². The minimum absolute atomic E-state index is 0.115. The number of likely N-dealkylation sites (tertiary alicyclic amines) is 1. The van der Waals surface area contributed by atoms with Gasteiger partial charge in [0, 0.05) is 31.4 Å². The first-order valence-electron chi connectivity index (χ1n) is 7.93. The van der Waals surface area contributed by atoms with E-state index in [9.17, 15) is 23.1 Å². The Hall–Kier alpha value is -1.80. The molecule has 1 aromatic rings. The molecule has 8 heteroatoms. The van der Waals surface area contributed by atoms with E-state index in [2.05, 4.69) is 4.74 Å². The SMILES string of the molecule is O=C1C(N2CCC(O)CC2)CCN1c1cccc(OC(F)(F)F)c1. The largest absolute Gasteiger partial charge is 0.573 e. The van der Waals surface area contributed by atoms with E-state index < -0.39 is 6.36 Å². The van der Waals surface area contributed by atoms with Crippen molar-refractivity contribution in [2.24, 2.45) is 0 Å². The molecule has 1 atom stereocenters. The summed E-state index contributed by atoms with van der Waals surface area (Å²) in [5.41, 5.74) is 0.404. The zero-order chi connectivity index (χ0) is 17.3. The van der Waals surface area contributed by atoms with Crippen LogP contribution in [0.1, 0.15) is 19.3 Å². The van der Waals surface area contributed by atoms with Crippen LogP contribution in [-0.2, 0) is 4.79 Å². The van der Waals surface area contributed by atoms with Gasteiger partial charge in [-0.1, -0.05) is 6.07 Å². The highest BCUT2D eigenvalue weighted by atomic mass is 19.4. The van der Waals surface area contributed by atoms with Gasteiger partial charge in [-0.05, 0) is 31.4 Å². The zero-order valence-corrected chi connectivity index (χ0v) is 13.0. The molecule has 1 amide bonds. The van der Waals surface area contributed by atoms with Gasteiger partial charge in [-0.2, -0.15) is 0 Å². The van der Waals surface area contributed by atoms with Gasteiger partial charge in [-0.15, -0.1) is 13.2 Å². The maximum absolute atomic E-state index is 12.6. The lowest BCUT2D eigenvalue weighted by Gasteiger charge is -2.33. The first-order chi connectivity index (χ1) is 11.3. The van der Waals surface area contributed by atoms with Crippen LogP contribution in [0.25, 0.3) is 0 Å². The molecule has 0 radical (unpaired) electrons. The number of alkyl halides is 3. The molecule has 1 unspecified atom stereocenters. The van der Waals surface area contributed by atoms with Crippen LogP contribution in [0.4, 0.5) is 18.9 Å². The summed E-state index contributed by atoms with van der Waals surface area (Å²) in [5.74, 6) is -0.451. The summed E-state index contributed by atoms with van der Waals surface area (Å²) in [7, 11) is 0. The van der Waals surface area contributed by atoms with Crippen LogP contribution in [0.15, 0.2) is 24.3 Å². The molecule has 1 N–H and O–H groups in total.